The van der Waals surface area contributed by atoms with Crippen LogP contribution in [0.1, 0.15) is 45.1 Å². The van der Waals surface area contributed by atoms with E-state index in [2.05, 4.69) is 0 Å². The number of phenols is 1. The first kappa shape index (κ1) is 18.3. The van der Waals surface area contributed by atoms with Gasteiger partial charge in [0.2, 0.25) is 0 Å². The van der Waals surface area contributed by atoms with E-state index < -0.39 is 6.10 Å². The van der Waals surface area contributed by atoms with Crippen LogP contribution in [-0.4, -0.2) is 35.5 Å². The lowest BCUT2D eigenvalue weighted by molar-refractivity contribution is -0.148. The third-order valence-corrected chi connectivity index (χ3v) is 3.49. The third kappa shape index (κ3) is 6.35. The van der Waals surface area contributed by atoms with Gasteiger partial charge in [0.05, 0.1) is 13.2 Å². The van der Waals surface area contributed by atoms with Gasteiger partial charge < -0.3 is 19.7 Å². The predicted octanol–water partition coefficient (Wildman–Crippen LogP) is 2.82. The minimum absolute atomic E-state index is 0.102. The summed E-state index contributed by atoms with van der Waals surface area (Å²) in [5.74, 6) is 0.217. The minimum Gasteiger partial charge on any atom is -0.504 e. The molecule has 0 fully saturated rings. The third-order valence-electron chi connectivity index (χ3n) is 3.49. The second-order valence-corrected chi connectivity index (χ2v) is 5.45. The maximum absolute atomic E-state index is 11.1. The number of aliphatic hydroxyl groups excluding tert-OH is 1. The molecule has 5 heteroatoms. The zero-order chi connectivity index (χ0) is 16.5. The summed E-state index contributed by atoms with van der Waals surface area (Å²) in [7, 11) is 1.50. The van der Waals surface area contributed by atoms with Crippen molar-refractivity contribution >= 4 is 5.97 Å². The molecule has 0 heterocycles. The number of rotatable bonds is 9. The van der Waals surface area contributed by atoms with Crippen LogP contribution in [0.25, 0.3) is 0 Å². The molecule has 1 rings (SSSR count). The summed E-state index contributed by atoms with van der Waals surface area (Å²) >= 11 is 0. The lowest BCUT2D eigenvalue weighted by atomic mass is 10.0. The number of methoxy groups -OCH3 is 1. The van der Waals surface area contributed by atoms with E-state index >= 15 is 0 Å². The fourth-order valence-electron chi connectivity index (χ4n) is 2.41. The minimum atomic E-state index is -0.532. The van der Waals surface area contributed by atoms with Crippen LogP contribution in [0.4, 0.5) is 0 Å². The van der Waals surface area contributed by atoms with Crippen molar-refractivity contribution in [2.45, 2.75) is 58.2 Å². The molecule has 2 N–H and O–H groups in total. The molecule has 0 spiro atoms. The zero-order valence-corrected chi connectivity index (χ0v) is 13.5. The Morgan fingerprint density at radius 1 is 1.32 bits per heavy atom. The summed E-state index contributed by atoms with van der Waals surface area (Å²) in [6, 6.07) is 5.15. The van der Waals surface area contributed by atoms with Gasteiger partial charge in [0.25, 0.3) is 0 Å². The van der Waals surface area contributed by atoms with Gasteiger partial charge in [-0.3, -0.25) is 4.79 Å². The molecular formula is C17H26O5. The van der Waals surface area contributed by atoms with Crippen LogP contribution in [0, 0.1) is 0 Å². The Morgan fingerprint density at radius 3 is 2.64 bits per heavy atom. The highest BCUT2D eigenvalue weighted by Crippen LogP contribution is 2.27. The van der Waals surface area contributed by atoms with Gasteiger partial charge in [-0.05, 0) is 37.0 Å². The molecular weight excluding hydrogens is 284 g/mol. The average molecular weight is 310 g/mol. The van der Waals surface area contributed by atoms with Gasteiger partial charge in [-0.1, -0.05) is 19.4 Å². The number of aromatic hydroxyl groups is 1. The molecule has 1 aromatic carbocycles. The molecule has 0 bridgehead atoms. The number of hydrogen-bond donors (Lipinski definition) is 2. The van der Waals surface area contributed by atoms with E-state index in [1.54, 1.807) is 18.2 Å². The highest BCUT2D eigenvalue weighted by Gasteiger charge is 2.16. The lowest BCUT2D eigenvalue weighted by Crippen LogP contribution is -2.23. The summed E-state index contributed by atoms with van der Waals surface area (Å²) < 4.78 is 10.3. The Balaban J connectivity index is 2.50. The fraction of sp³-hybridized carbons (Fsp3) is 0.588. The van der Waals surface area contributed by atoms with E-state index in [-0.39, 0.29) is 17.8 Å². The molecule has 0 amide bonds. The van der Waals surface area contributed by atoms with E-state index in [9.17, 15) is 15.0 Å². The molecule has 0 saturated carbocycles. The zero-order valence-electron chi connectivity index (χ0n) is 13.5. The van der Waals surface area contributed by atoms with Gasteiger partial charge in [-0.2, -0.15) is 0 Å². The molecule has 0 saturated heterocycles. The van der Waals surface area contributed by atoms with Crippen molar-refractivity contribution in [3.05, 3.63) is 23.8 Å². The van der Waals surface area contributed by atoms with Crippen molar-refractivity contribution < 1.29 is 24.5 Å². The van der Waals surface area contributed by atoms with Crippen molar-refractivity contribution in [1.82, 2.24) is 0 Å². The topological polar surface area (TPSA) is 76.0 Å². The Kier molecular flexibility index (Phi) is 7.74. The van der Waals surface area contributed by atoms with Crippen molar-refractivity contribution in [3.63, 3.8) is 0 Å². The summed E-state index contributed by atoms with van der Waals surface area (Å²) in [6.07, 6.45) is 2.57. The Bertz CT molecular complexity index is 472. The SMILES string of the molecule is CCCC(CC(O)CCc1ccc(O)c(OC)c1)OC(C)=O. The second kappa shape index (κ2) is 9.30. The van der Waals surface area contributed by atoms with E-state index in [0.29, 0.717) is 25.0 Å². The van der Waals surface area contributed by atoms with Crippen LogP contribution in [0.3, 0.4) is 0 Å². The smallest absolute Gasteiger partial charge is 0.302 e. The summed E-state index contributed by atoms with van der Waals surface area (Å²) in [5.41, 5.74) is 0.980. The normalized spacial score (nSPS) is 13.5. The largest absolute Gasteiger partial charge is 0.504 e. The first-order valence-corrected chi connectivity index (χ1v) is 7.67. The molecule has 0 aliphatic heterocycles. The molecule has 5 nitrogen and oxygen atoms in total. The Labute approximate surface area is 131 Å². The predicted molar refractivity (Wildman–Crippen MR) is 84.1 cm³/mol. The van der Waals surface area contributed by atoms with Crippen LogP contribution in [0.5, 0.6) is 11.5 Å². The molecule has 0 radical (unpaired) electrons. The van der Waals surface area contributed by atoms with E-state index in [0.717, 1.165) is 18.4 Å². The highest BCUT2D eigenvalue weighted by molar-refractivity contribution is 5.66. The molecule has 0 aliphatic rings. The number of carbonyl (C=O) groups is 1. The van der Waals surface area contributed by atoms with Gasteiger partial charge >= 0.3 is 5.97 Å². The van der Waals surface area contributed by atoms with Crippen LogP contribution < -0.4 is 4.74 Å². The van der Waals surface area contributed by atoms with Crippen LogP contribution in [0.15, 0.2) is 18.2 Å². The average Bonchev–Trinajstić information content (AvgIpc) is 2.46. The summed E-state index contributed by atoms with van der Waals surface area (Å²) in [5, 5.41) is 19.7. The first-order valence-electron chi connectivity index (χ1n) is 7.67. The highest BCUT2D eigenvalue weighted by atomic mass is 16.5. The van der Waals surface area contributed by atoms with Crippen LogP contribution >= 0.6 is 0 Å². The summed E-state index contributed by atoms with van der Waals surface area (Å²) in [4.78, 5) is 11.1. The number of carbonyl (C=O) groups excluding carboxylic acids is 1. The maximum Gasteiger partial charge on any atom is 0.302 e. The van der Waals surface area contributed by atoms with E-state index in [4.69, 9.17) is 9.47 Å². The number of ether oxygens (including phenoxy) is 2. The van der Waals surface area contributed by atoms with Crippen molar-refractivity contribution in [2.75, 3.05) is 7.11 Å². The van der Waals surface area contributed by atoms with Gasteiger partial charge in [0, 0.05) is 13.3 Å². The molecule has 0 aromatic heterocycles. The number of benzene rings is 1. The number of esters is 1. The standard InChI is InChI=1S/C17H26O5/c1-4-5-15(22-12(2)18)11-14(19)8-6-13-7-9-16(20)17(10-13)21-3/h7,9-10,14-15,19-20H,4-6,8,11H2,1-3H3. The Morgan fingerprint density at radius 2 is 2.05 bits per heavy atom. The molecule has 124 valence electrons. The number of phenolic OH excluding ortho intramolecular Hbond substituents is 1. The molecule has 22 heavy (non-hydrogen) atoms. The van der Waals surface area contributed by atoms with Crippen LogP contribution in [-0.2, 0) is 16.0 Å². The van der Waals surface area contributed by atoms with Gasteiger partial charge in [0.1, 0.15) is 6.10 Å². The monoisotopic (exact) mass is 310 g/mol. The number of hydrogen-bond acceptors (Lipinski definition) is 5. The van der Waals surface area contributed by atoms with E-state index in [1.807, 2.05) is 6.92 Å². The molecule has 2 atom stereocenters. The summed E-state index contributed by atoms with van der Waals surface area (Å²) in [6.45, 7) is 3.41. The van der Waals surface area contributed by atoms with Crippen LogP contribution in [0.2, 0.25) is 0 Å². The quantitative estimate of drug-likeness (QED) is 0.686. The van der Waals surface area contributed by atoms with E-state index in [1.165, 1.54) is 14.0 Å². The van der Waals surface area contributed by atoms with Gasteiger partial charge in [-0.25, -0.2) is 0 Å². The molecule has 0 aliphatic carbocycles. The fourth-order valence-corrected chi connectivity index (χ4v) is 2.41. The van der Waals surface area contributed by atoms with Gasteiger partial charge in [0.15, 0.2) is 11.5 Å². The number of aryl methyl sites for hydroxylation is 1. The molecule has 1 aromatic rings. The van der Waals surface area contributed by atoms with Crippen molar-refractivity contribution in [2.24, 2.45) is 0 Å². The lowest BCUT2D eigenvalue weighted by Gasteiger charge is -2.20. The number of aliphatic hydroxyl groups is 1. The molecule has 2 unspecified atom stereocenters. The van der Waals surface area contributed by atoms with Gasteiger partial charge in [-0.15, -0.1) is 0 Å². The maximum atomic E-state index is 11.1. The first-order chi connectivity index (χ1) is 10.5. The van der Waals surface area contributed by atoms with Crippen molar-refractivity contribution in [3.8, 4) is 11.5 Å². The van der Waals surface area contributed by atoms with Crippen molar-refractivity contribution in [1.29, 1.82) is 0 Å². The second-order valence-electron chi connectivity index (χ2n) is 5.45. The Hall–Kier alpha value is -1.75.